The van der Waals surface area contributed by atoms with Crippen LogP contribution in [0.1, 0.15) is 47.0 Å². The molecular formula is C15H24O. The quantitative estimate of drug-likeness (QED) is 0.519. The van der Waals surface area contributed by atoms with Gasteiger partial charge in [0, 0.05) is 0 Å². The first-order valence-electron chi connectivity index (χ1n) is 6.46. The third-order valence-electron chi connectivity index (χ3n) is 5.79. The fraction of sp³-hybridized carbons (Fsp3) is 0.800. The van der Waals surface area contributed by atoms with Crippen molar-refractivity contribution in [1.82, 2.24) is 0 Å². The summed E-state index contributed by atoms with van der Waals surface area (Å²) in [6.45, 7) is 13.4. The van der Waals surface area contributed by atoms with Gasteiger partial charge in [0.2, 0.25) is 0 Å². The van der Waals surface area contributed by atoms with Crippen LogP contribution in [0, 0.1) is 28.6 Å². The van der Waals surface area contributed by atoms with E-state index in [0.717, 1.165) is 30.1 Å². The van der Waals surface area contributed by atoms with Crippen LogP contribution in [0.15, 0.2) is 12.2 Å². The van der Waals surface area contributed by atoms with Gasteiger partial charge in [-0.2, -0.15) is 0 Å². The van der Waals surface area contributed by atoms with Crippen LogP contribution in [0.3, 0.4) is 0 Å². The highest BCUT2D eigenvalue weighted by molar-refractivity contribution is 5.71. The largest absolute Gasteiger partial charge is 0.298 e. The third kappa shape index (κ3) is 1.48. The molecule has 2 rings (SSSR count). The maximum absolute atomic E-state index is 10.7. The van der Waals surface area contributed by atoms with Crippen LogP contribution >= 0.6 is 0 Å². The molecule has 0 spiro atoms. The van der Waals surface area contributed by atoms with Crippen molar-refractivity contribution in [3.05, 3.63) is 12.2 Å². The average Bonchev–Trinajstić information content (AvgIpc) is 2.82. The molecule has 0 radical (unpaired) electrons. The van der Waals surface area contributed by atoms with Gasteiger partial charge in [0.05, 0.1) is 0 Å². The summed E-state index contributed by atoms with van der Waals surface area (Å²) >= 11 is 0. The van der Waals surface area contributed by atoms with Gasteiger partial charge >= 0.3 is 0 Å². The highest BCUT2D eigenvalue weighted by Gasteiger charge is 2.67. The van der Waals surface area contributed by atoms with E-state index in [9.17, 15) is 4.79 Å². The average molecular weight is 220 g/mol. The van der Waals surface area contributed by atoms with Gasteiger partial charge in [0.1, 0.15) is 6.29 Å². The zero-order valence-electron chi connectivity index (χ0n) is 11.0. The van der Waals surface area contributed by atoms with Crippen molar-refractivity contribution >= 4 is 6.29 Å². The Morgan fingerprint density at radius 1 is 1.50 bits per heavy atom. The van der Waals surface area contributed by atoms with Crippen LogP contribution in [0.5, 0.6) is 0 Å². The maximum atomic E-state index is 10.7. The van der Waals surface area contributed by atoms with Crippen molar-refractivity contribution in [2.45, 2.75) is 47.0 Å². The zero-order valence-corrected chi connectivity index (χ0v) is 11.0. The second kappa shape index (κ2) is 3.45. The lowest BCUT2D eigenvalue weighted by molar-refractivity contribution is -0.105. The molecule has 0 aliphatic heterocycles. The minimum atomic E-state index is 0.431. The number of fused-ring (bicyclic) bond motifs is 1. The molecule has 16 heavy (non-hydrogen) atoms. The van der Waals surface area contributed by atoms with Crippen LogP contribution in [0.25, 0.3) is 0 Å². The molecule has 0 aromatic rings. The molecule has 4 atom stereocenters. The molecule has 90 valence electrons. The third-order valence-corrected chi connectivity index (χ3v) is 5.79. The summed E-state index contributed by atoms with van der Waals surface area (Å²) in [6.07, 6.45) is 4.57. The summed E-state index contributed by atoms with van der Waals surface area (Å²) in [5.74, 6) is 2.30. The highest BCUT2D eigenvalue weighted by Crippen LogP contribution is 2.75. The Kier molecular flexibility index (Phi) is 2.56. The van der Waals surface area contributed by atoms with Gasteiger partial charge in [-0.25, -0.2) is 0 Å². The molecule has 0 amide bonds. The Morgan fingerprint density at radius 3 is 2.56 bits per heavy atom. The van der Waals surface area contributed by atoms with Crippen LogP contribution in [0.4, 0.5) is 0 Å². The van der Waals surface area contributed by atoms with Crippen molar-refractivity contribution in [3.63, 3.8) is 0 Å². The summed E-state index contributed by atoms with van der Waals surface area (Å²) in [5, 5.41) is 0. The number of carbonyl (C=O) groups is 1. The van der Waals surface area contributed by atoms with Crippen LogP contribution < -0.4 is 0 Å². The van der Waals surface area contributed by atoms with E-state index in [1.807, 2.05) is 0 Å². The molecule has 0 bridgehead atoms. The predicted molar refractivity (Wildman–Crippen MR) is 67.1 cm³/mol. The molecule has 3 unspecified atom stereocenters. The Bertz CT molecular complexity index is 328. The summed E-state index contributed by atoms with van der Waals surface area (Å²) in [5.41, 5.74) is 1.77. The van der Waals surface area contributed by atoms with Gasteiger partial charge in [-0.05, 0) is 53.4 Å². The van der Waals surface area contributed by atoms with Gasteiger partial charge < -0.3 is 0 Å². The van der Waals surface area contributed by atoms with Gasteiger partial charge in [-0.15, -0.1) is 0 Å². The number of hydrogen-bond donors (Lipinski definition) is 0. The molecule has 2 fully saturated rings. The Hall–Kier alpha value is -0.590. The SMILES string of the molecule is C=C(C=O)CC(C)C1CC2C[C@]2(C)C1(C)C. The minimum absolute atomic E-state index is 0.431. The first kappa shape index (κ1) is 11.9. The van der Waals surface area contributed by atoms with E-state index in [0.29, 0.717) is 16.7 Å². The van der Waals surface area contributed by atoms with E-state index < -0.39 is 0 Å². The summed E-state index contributed by atoms with van der Waals surface area (Å²) < 4.78 is 0. The number of hydrogen-bond acceptors (Lipinski definition) is 1. The first-order chi connectivity index (χ1) is 7.33. The fourth-order valence-electron chi connectivity index (χ4n) is 4.16. The Labute approximate surface area is 99.3 Å². The molecule has 1 nitrogen and oxygen atoms in total. The Morgan fingerprint density at radius 2 is 2.12 bits per heavy atom. The van der Waals surface area contributed by atoms with Gasteiger partial charge in [0.15, 0.2) is 0 Å². The molecule has 2 aliphatic carbocycles. The van der Waals surface area contributed by atoms with Crippen molar-refractivity contribution in [3.8, 4) is 0 Å². The van der Waals surface area contributed by atoms with E-state index in [1.54, 1.807) is 0 Å². The second-order valence-corrected chi connectivity index (χ2v) is 6.84. The van der Waals surface area contributed by atoms with E-state index in [4.69, 9.17) is 0 Å². The fourth-order valence-corrected chi connectivity index (χ4v) is 4.16. The monoisotopic (exact) mass is 220 g/mol. The molecule has 2 aliphatic rings. The first-order valence-corrected chi connectivity index (χ1v) is 6.46. The van der Waals surface area contributed by atoms with Crippen molar-refractivity contribution in [2.24, 2.45) is 28.6 Å². The standard InChI is InChI=1S/C15H24O/c1-10(9-16)6-11(2)13-7-12-8-15(12,5)14(13,3)4/h9,11-13H,1,6-8H2,2-5H3/t11?,12?,13?,15-/m0/s1. The smallest absolute Gasteiger partial charge is 0.145 e. The van der Waals surface area contributed by atoms with Crippen LogP contribution in [-0.4, -0.2) is 6.29 Å². The predicted octanol–water partition coefficient (Wildman–Crippen LogP) is 3.84. The van der Waals surface area contributed by atoms with Gasteiger partial charge in [0.25, 0.3) is 0 Å². The van der Waals surface area contributed by atoms with E-state index in [2.05, 4.69) is 34.3 Å². The van der Waals surface area contributed by atoms with Crippen LogP contribution in [-0.2, 0) is 4.79 Å². The van der Waals surface area contributed by atoms with E-state index in [-0.39, 0.29) is 0 Å². The van der Waals surface area contributed by atoms with Crippen molar-refractivity contribution < 1.29 is 4.79 Å². The Balaban J connectivity index is 2.06. The molecule has 0 aromatic heterocycles. The van der Waals surface area contributed by atoms with Gasteiger partial charge in [-0.3, -0.25) is 4.79 Å². The topological polar surface area (TPSA) is 17.1 Å². The summed E-state index contributed by atoms with van der Waals surface area (Å²) in [4.78, 5) is 10.7. The molecular weight excluding hydrogens is 196 g/mol. The molecule has 1 heteroatoms. The molecule has 2 saturated carbocycles. The highest BCUT2D eigenvalue weighted by atomic mass is 16.1. The molecule has 0 N–H and O–H groups in total. The maximum Gasteiger partial charge on any atom is 0.145 e. The lowest BCUT2D eigenvalue weighted by Gasteiger charge is -2.39. The summed E-state index contributed by atoms with van der Waals surface area (Å²) in [6, 6.07) is 0. The number of aldehydes is 1. The normalized spacial score (nSPS) is 41.2. The van der Waals surface area contributed by atoms with E-state index in [1.165, 1.54) is 12.8 Å². The number of allylic oxidation sites excluding steroid dienone is 1. The number of carbonyl (C=O) groups excluding carboxylic acids is 1. The summed E-state index contributed by atoms with van der Waals surface area (Å²) in [7, 11) is 0. The lowest BCUT2D eigenvalue weighted by atomic mass is 9.66. The van der Waals surface area contributed by atoms with Crippen molar-refractivity contribution in [1.29, 1.82) is 0 Å². The molecule has 0 aromatic carbocycles. The minimum Gasteiger partial charge on any atom is -0.298 e. The molecule has 0 heterocycles. The molecule has 0 saturated heterocycles. The second-order valence-electron chi connectivity index (χ2n) is 6.84. The van der Waals surface area contributed by atoms with Gasteiger partial charge in [-0.1, -0.05) is 34.3 Å². The van der Waals surface area contributed by atoms with Crippen molar-refractivity contribution in [2.75, 3.05) is 0 Å². The van der Waals surface area contributed by atoms with E-state index >= 15 is 0 Å². The van der Waals surface area contributed by atoms with Crippen LogP contribution in [0.2, 0.25) is 0 Å². The zero-order chi connectivity index (χ0) is 12.1. The lowest BCUT2D eigenvalue weighted by Crippen LogP contribution is -2.32. The number of rotatable bonds is 4.